The van der Waals surface area contributed by atoms with E-state index in [-0.39, 0.29) is 11.8 Å². The molecule has 2 heterocycles. The minimum absolute atomic E-state index is 0.195. The number of carbonyl (C=O) groups is 1. The lowest BCUT2D eigenvalue weighted by molar-refractivity contribution is 0.0949. The fourth-order valence-electron chi connectivity index (χ4n) is 2.74. The van der Waals surface area contributed by atoms with E-state index in [1.165, 1.54) is 6.26 Å². The number of nitrogen functional groups attached to an aromatic ring is 1. The van der Waals surface area contributed by atoms with Crippen LogP contribution in [0.2, 0.25) is 0 Å². The number of nitrogens with two attached hydrogens (primary N) is 1. The predicted octanol–water partition coefficient (Wildman–Crippen LogP) is 1.70. The second kappa shape index (κ2) is 7.28. The molecule has 1 saturated heterocycles. The van der Waals surface area contributed by atoms with E-state index in [1.807, 2.05) is 24.3 Å². The molecule has 1 aromatic heterocycles. The van der Waals surface area contributed by atoms with E-state index in [2.05, 4.69) is 15.6 Å². The summed E-state index contributed by atoms with van der Waals surface area (Å²) < 4.78 is 5.48. The largest absolute Gasteiger partial charge is 0.448 e. The van der Waals surface area contributed by atoms with Gasteiger partial charge in [-0.2, -0.15) is 0 Å². The summed E-state index contributed by atoms with van der Waals surface area (Å²) in [5, 5.41) is 6.19. The van der Waals surface area contributed by atoms with Crippen LogP contribution in [-0.2, 0) is 6.42 Å². The molecule has 0 aliphatic carbocycles. The molecule has 1 atom stereocenters. The number of piperidine rings is 1. The van der Waals surface area contributed by atoms with Crippen molar-refractivity contribution in [2.45, 2.75) is 25.2 Å². The van der Waals surface area contributed by atoms with Gasteiger partial charge in [0.2, 0.25) is 0 Å². The van der Waals surface area contributed by atoms with E-state index < -0.39 is 0 Å². The molecule has 0 spiro atoms. The lowest BCUT2D eigenvalue weighted by Gasteiger charge is -2.19. The molecule has 6 heteroatoms. The number of nitrogens with one attached hydrogen (secondary N) is 2. The fourth-order valence-corrected chi connectivity index (χ4v) is 2.74. The molecule has 4 N–H and O–H groups in total. The maximum Gasteiger partial charge on any atom is 0.273 e. The van der Waals surface area contributed by atoms with Gasteiger partial charge in [-0.1, -0.05) is 12.1 Å². The molecule has 23 heavy (non-hydrogen) atoms. The van der Waals surface area contributed by atoms with Gasteiger partial charge in [-0.05, 0) is 43.5 Å². The SMILES string of the molecule is Nc1ccc(CCNC(=O)c2coc(C3CCCNC3)n2)cc1. The van der Waals surface area contributed by atoms with Crippen LogP contribution in [0, 0.1) is 0 Å². The molecule has 1 unspecified atom stereocenters. The second-order valence-corrected chi connectivity index (χ2v) is 5.86. The van der Waals surface area contributed by atoms with Crippen molar-refractivity contribution in [3.63, 3.8) is 0 Å². The number of hydrogen-bond donors (Lipinski definition) is 3. The molecule has 3 rings (SSSR count). The number of nitrogens with zero attached hydrogens (tertiary/aromatic N) is 1. The number of rotatable bonds is 5. The van der Waals surface area contributed by atoms with E-state index in [4.69, 9.17) is 10.2 Å². The zero-order chi connectivity index (χ0) is 16.1. The van der Waals surface area contributed by atoms with Crippen LogP contribution in [0.3, 0.4) is 0 Å². The summed E-state index contributed by atoms with van der Waals surface area (Å²) in [6.45, 7) is 2.45. The number of aromatic nitrogens is 1. The maximum absolute atomic E-state index is 12.1. The van der Waals surface area contributed by atoms with Crippen LogP contribution in [0.4, 0.5) is 5.69 Å². The molecule has 122 valence electrons. The van der Waals surface area contributed by atoms with Crippen molar-refractivity contribution in [1.82, 2.24) is 15.6 Å². The van der Waals surface area contributed by atoms with Crippen molar-refractivity contribution in [2.75, 3.05) is 25.4 Å². The zero-order valence-electron chi connectivity index (χ0n) is 13.0. The quantitative estimate of drug-likeness (QED) is 0.730. The normalized spacial score (nSPS) is 17.8. The molecule has 2 aromatic rings. The minimum atomic E-state index is -0.195. The first-order chi connectivity index (χ1) is 11.2. The molecule has 1 amide bonds. The monoisotopic (exact) mass is 314 g/mol. The molecule has 6 nitrogen and oxygen atoms in total. The van der Waals surface area contributed by atoms with Crippen molar-refractivity contribution < 1.29 is 9.21 Å². The molecule has 0 bridgehead atoms. The van der Waals surface area contributed by atoms with E-state index >= 15 is 0 Å². The molecular formula is C17H22N4O2. The molecule has 0 radical (unpaired) electrons. The van der Waals surface area contributed by atoms with E-state index in [9.17, 15) is 4.79 Å². The summed E-state index contributed by atoms with van der Waals surface area (Å²) >= 11 is 0. The Hall–Kier alpha value is -2.34. The van der Waals surface area contributed by atoms with Crippen molar-refractivity contribution in [3.05, 3.63) is 47.7 Å². The Morgan fingerprint density at radius 2 is 2.22 bits per heavy atom. The van der Waals surface area contributed by atoms with E-state index in [0.717, 1.165) is 43.6 Å². The third kappa shape index (κ3) is 4.10. The highest BCUT2D eigenvalue weighted by Gasteiger charge is 2.21. The Morgan fingerprint density at radius 1 is 1.39 bits per heavy atom. The van der Waals surface area contributed by atoms with Crippen LogP contribution in [0.25, 0.3) is 0 Å². The first-order valence-electron chi connectivity index (χ1n) is 8.01. The van der Waals surface area contributed by atoms with Gasteiger partial charge in [0, 0.05) is 24.7 Å². The van der Waals surface area contributed by atoms with Crippen LogP contribution in [-0.4, -0.2) is 30.5 Å². The summed E-state index contributed by atoms with van der Waals surface area (Å²) in [4.78, 5) is 16.5. The highest BCUT2D eigenvalue weighted by molar-refractivity contribution is 5.91. The van der Waals surface area contributed by atoms with Crippen LogP contribution in [0.15, 0.2) is 34.9 Å². The average molecular weight is 314 g/mol. The number of hydrogen-bond acceptors (Lipinski definition) is 5. The van der Waals surface area contributed by atoms with Gasteiger partial charge in [-0.3, -0.25) is 4.79 Å². The summed E-state index contributed by atoms with van der Waals surface area (Å²) in [6, 6.07) is 7.65. The second-order valence-electron chi connectivity index (χ2n) is 5.86. The van der Waals surface area contributed by atoms with Crippen molar-refractivity contribution >= 4 is 11.6 Å². The third-order valence-electron chi connectivity index (χ3n) is 4.08. The number of carbonyl (C=O) groups excluding carboxylic acids is 1. The lowest BCUT2D eigenvalue weighted by atomic mass is 10.00. The Bertz CT molecular complexity index is 645. The van der Waals surface area contributed by atoms with Crippen molar-refractivity contribution in [1.29, 1.82) is 0 Å². The van der Waals surface area contributed by atoms with Gasteiger partial charge >= 0.3 is 0 Å². The Morgan fingerprint density at radius 3 is 2.96 bits per heavy atom. The first kappa shape index (κ1) is 15.6. The lowest BCUT2D eigenvalue weighted by Crippen LogP contribution is -2.29. The van der Waals surface area contributed by atoms with Gasteiger partial charge in [0.1, 0.15) is 6.26 Å². The van der Waals surface area contributed by atoms with Crippen LogP contribution in [0.1, 0.15) is 40.7 Å². The number of oxazole rings is 1. The summed E-state index contributed by atoms with van der Waals surface area (Å²) in [5.41, 5.74) is 7.87. The average Bonchev–Trinajstić information content (AvgIpc) is 3.07. The van der Waals surface area contributed by atoms with Gasteiger partial charge in [-0.25, -0.2) is 4.98 Å². The van der Waals surface area contributed by atoms with Gasteiger partial charge in [0.15, 0.2) is 11.6 Å². The van der Waals surface area contributed by atoms with Crippen molar-refractivity contribution in [3.8, 4) is 0 Å². The van der Waals surface area contributed by atoms with Crippen molar-refractivity contribution in [2.24, 2.45) is 0 Å². The van der Waals surface area contributed by atoms with Gasteiger partial charge in [0.05, 0.1) is 0 Å². The number of anilines is 1. The first-order valence-corrected chi connectivity index (χ1v) is 8.01. The number of benzene rings is 1. The third-order valence-corrected chi connectivity index (χ3v) is 4.08. The molecule has 1 aromatic carbocycles. The highest BCUT2D eigenvalue weighted by Crippen LogP contribution is 2.22. The number of amides is 1. The van der Waals surface area contributed by atoms with Crippen LogP contribution < -0.4 is 16.4 Å². The smallest absolute Gasteiger partial charge is 0.273 e. The van der Waals surface area contributed by atoms with Crippen LogP contribution >= 0.6 is 0 Å². The Kier molecular flexibility index (Phi) is 4.92. The summed E-state index contributed by atoms with van der Waals surface area (Å²) in [6.07, 6.45) is 4.35. The zero-order valence-corrected chi connectivity index (χ0v) is 13.0. The van der Waals surface area contributed by atoms with Gasteiger partial charge in [-0.15, -0.1) is 0 Å². The van der Waals surface area contributed by atoms with Crippen LogP contribution in [0.5, 0.6) is 0 Å². The van der Waals surface area contributed by atoms with Gasteiger partial charge in [0.25, 0.3) is 5.91 Å². The highest BCUT2D eigenvalue weighted by atomic mass is 16.3. The standard InChI is InChI=1S/C17H22N4O2/c18-14-5-3-12(4-6-14)7-9-20-16(22)15-11-23-17(21-15)13-2-1-8-19-10-13/h3-6,11,13,19H,1-2,7-10,18H2,(H,20,22). The molecule has 1 aliphatic heterocycles. The van der Waals surface area contributed by atoms with E-state index in [0.29, 0.717) is 18.1 Å². The molecule has 0 saturated carbocycles. The fraction of sp³-hybridized carbons (Fsp3) is 0.412. The predicted molar refractivity (Wildman–Crippen MR) is 88.2 cm³/mol. The maximum atomic E-state index is 12.1. The minimum Gasteiger partial charge on any atom is -0.448 e. The Balaban J connectivity index is 1.50. The van der Waals surface area contributed by atoms with E-state index in [1.54, 1.807) is 0 Å². The molecule has 1 fully saturated rings. The topological polar surface area (TPSA) is 93.2 Å². The van der Waals surface area contributed by atoms with Gasteiger partial charge < -0.3 is 20.8 Å². The summed E-state index contributed by atoms with van der Waals surface area (Å²) in [7, 11) is 0. The molecule has 1 aliphatic rings. The molecular weight excluding hydrogens is 292 g/mol. The summed E-state index contributed by atoms with van der Waals surface area (Å²) in [5.74, 6) is 0.722. The Labute approximate surface area is 135 Å².